The molecule has 1 aromatic heterocycles. The fourth-order valence-electron chi connectivity index (χ4n) is 1.51. The van der Waals surface area contributed by atoms with Crippen molar-refractivity contribution in [1.82, 2.24) is 10.0 Å². The van der Waals surface area contributed by atoms with Crippen LogP contribution in [0.3, 0.4) is 0 Å². The number of sulfonamides is 1. The predicted molar refractivity (Wildman–Crippen MR) is 72.4 cm³/mol. The Balaban J connectivity index is 1.97. The molecular weight excluding hydrogens is 280 g/mol. The van der Waals surface area contributed by atoms with Gasteiger partial charge in [-0.15, -0.1) is 0 Å². The van der Waals surface area contributed by atoms with Gasteiger partial charge in [-0.3, -0.25) is 0 Å². The van der Waals surface area contributed by atoms with Crippen molar-refractivity contribution in [2.75, 3.05) is 0 Å². The molecule has 0 spiro atoms. The zero-order valence-corrected chi connectivity index (χ0v) is 11.6. The molecule has 0 saturated carbocycles. The lowest BCUT2D eigenvalue weighted by Gasteiger charge is -2.08. The van der Waals surface area contributed by atoms with E-state index in [1.54, 1.807) is 18.2 Å². The molecule has 20 heavy (non-hydrogen) atoms. The molecule has 7 heteroatoms. The molecule has 0 aliphatic heterocycles. The summed E-state index contributed by atoms with van der Waals surface area (Å²) >= 11 is 0. The van der Waals surface area contributed by atoms with E-state index in [2.05, 4.69) is 5.32 Å². The van der Waals surface area contributed by atoms with Crippen LogP contribution in [0, 0.1) is 6.92 Å². The van der Waals surface area contributed by atoms with Gasteiger partial charge in [-0.2, -0.15) is 0 Å². The number of urea groups is 1. The summed E-state index contributed by atoms with van der Waals surface area (Å²) in [4.78, 5) is 11.6. The summed E-state index contributed by atoms with van der Waals surface area (Å²) in [7, 11) is -3.85. The molecule has 106 valence electrons. The number of carbonyl (C=O) groups is 1. The Morgan fingerprint density at radius 3 is 2.50 bits per heavy atom. The third-order valence-corrected chi connectivity index (χ3v) is 3.94. The monoisotopic (exact) mass is 294 g/mol. The van der Waals surface area contributed by atoms with E-state index in [-0.39, 0.29) is 11.4 Å². The molecule has 2 amide bonds. The Labute approximate surface area is 116 Å². The summed E-state index contributed by atoms with van der Waals surface area (Å²) in [6, 6.07) is 7.11. The van der Waals surface area contributed by atoms with Crippen molar-refractivity contribution in [3.63, 3.8) is 0 Å². The molecule has 1 heterocycles. The van der Waals surface area contributed by atoms with Crippen molar-refractivity contribution in [2.45, 2.75) is 18.4 Å². The lowest BCUT2D eigenvalue weighted by molar-refractivity contribution is 0.245. The fraction of sp³-hybridized carbons (Fsp3) is 0.154. The van der Waals surface area contributed by atoms with Crippen LogP contribution in [0.5, 0.6) is 0 Å². The van der Waals surface area contributed by atoms with Crippen LogP contribution in [0.15, 0.2) is 52.2 Å². The first-order valence-electron chi connectivity index (χ1n) is 5.86. The summed E-state index contributed by atoms with van der Waals surface area (Å²) in [6.07, 6.45) is 2.94. The van der Waals surface area contributed by atoms with Crippen LogP contribution in [0.25, 0.3) is 0 Å². The lowest BCUT2D eigenvalue weighted by atomic mass is 10.2. The van der Waals surface area contributed by atoms with Crippen LogP contribution >= 0.6 is 0 Å². The number of hydrogen-bond donors (Lipinski definition) is 2. The zero-order chi connectivity index (χ0) is 14.6. The number of benzene rings is 1. The van der Waals surface area contributed by atoms with Gasteiger partial charge in [0.25, 0.3) is 10.0 Å². The second kappa shape index (κ2) is 5.79. The Morgan fingerprint density at radius 1 is 1.20 bits per heavy atom. The van der Waals surface area contributed by atoms with Gasteiger partial charge in [0.05, 0.1) is 17.4 Å². The van der Waals surface area contributed by atoms with Crippen LogP contribution in [0.2, 0.25) is 0 Å². The lowest BCUT2D eigenvalue weighted by Crippen LogP contribution is -2.38. The van der Waals surface area contributed by atoms with E-state index in [1.165, 1.54) is 24.7 Å². The van der Waals surface area contributed by atoms with Crippen molar-refractivity contribution in [3.05, 3.63) is 54.0 Å². The number of carbonyl (C=O) groups excluding carboxylic acids is 1. The first kappa shape index (κ1) is 14.1. The number of rotatable bonds is 4. The van der Waals surface area contributed by atoms with E-state index in [4.69, 9.17) is 4.42 Å². The van der Waals surface area contributed by atoms with Crippen molar-refractivity contribution < 1.29 is 17.6 Å². The maximum absolute atomic E-state index is 11.9. The second-order valence-electron chi connectivity index (χ2n) is 4.23. The minimum atomic E-state index is -3.85. The summed E-state index contributed by atoms with van der Waals surface area (Å²) in [5, 5.41) is 2.43. The molecule has 0 unspecified atom stereocenters. The van der Waals surface area contributed by atoms with E-state index in [1.807, 2.05) is 11.6 Å². The normalized spacial score (nSPS) is 11.1. The molecular formula is C13H14N2O4S. The Morgan fingerprint density at radius 2 is 1.90 bits per heavy atom. The van der Waals surface area contributed by atoms with Crippen LogP contribution < -0.4 is 10.0 Å². The zero-order valence-electron chi connectivity index (χ0n) is 10.8. The van der Waals surface area contributed by atoms with Crippen LogP contribution in [-0.2, 0) is 16.6 Å². The molecule has 1 aromatic carbocycles. The van der Waals surface area contributed by atoms with Gasteiger partial charge in [0, 0.05) is 12.1 Å². The Bertz CT molecular complexity index is 676. The van der Waals surface area contributed by atoms with E-state index >= 15 is 0 Å². The topological polar surface area (TPSA) is 88.4 Å². The maximum atomic E-state index is 11.9. The molecule has 2 N–H and O–H groups in total. The minimum absolute atomic E-state index is 0.0431. The highest BCUT2D eigenvalue weighted by atomic mass is 32.2. The summed E-state index contributed by atoms with van der Waals surface area (Å²) < 4.78 is 30.6. The largest absolute Gasteiger partial charge is 0.472 e. The Hall–Kier alpha value is -2.28. The quantitative estimate of drug-likeness (QED) is 0.899. The highest BCUT2D eigenvalue weighted by Gasteiger charge is 2.16. The molecule has 0 aliphatic carbocycles. The molecule has 0 aliphatic rings. The first-order valence-corrected chi connectivity index (χ1v) is 7.34. The van der Waals surface area contributed by atoms with E-state index in [0.717, 1.165) is 11.1 Å². The van der Waals surface area contributed by atoms with Crippen molar-refractivity contribution in [1.29, 1.82) is 0 Å². The Kier molecular flexibility index (Phi) is 4.09. The fourth-order valence-corrected chi connectivity index (χ4v) is 2.44. The average Bonchev–Trinajstić information content (AvgIpc) is 2.89. The highest BCUT2D eigenvalue weighted by molar-refractivity contribution is 7.90. The molecule has 0 saturated heterocycles. The van der Waals surface area contributed by atoms with E-state index in [0.29, 0.717) is 0 Å². The summed E-state index contributed by atoms with van der Waals surface area (Å²) in [5.74, 6) is 0. The minimum Gasteiger partial charge on any atom is -0.472 e. The van der Waals surface area contributed by atoms with Crippen molar-refractivity contribution in [3.8, 4) is 0 Å². The first-order chi connectivity index (χ1) is 9.47. The van der Waals surface area contributed by atoms with Gasteiger partial charge in [-0.05, 0) is 25.1 Å². The standard InChI is InChI=1S/C13H14N2O4S/c1-10-2-4-12(5-3-10)20(17,18)15-13(16)14-8-11-6-7-19-9-11/h2-7,9H,8H2,1H3,(H2,14,15,16). The smallest absolute Gasteiger partial charge is 0.328 e. The van der Waals surface area contributed by atoms with Crippen LogP contribution in [0.1, 0.15) is 11.1 Å². The number of furan rings is 1. The molecule has 0 atom stereocenters. The van der Waals surface area contributed by atoms with Gasteiger partial charge in [-0.1, -0.05) is 17.7 Å². The van der Waals surface area contributed by atoms with Crippen LogP contribution in [0.4, 0.5) is 4.79 Å². The van der Waals surface area contributed by atoms with Crippen LogP contribution in [-0.4, -0.2) is 14.4 Å². The molecule has 0 fully saturated rings. The number of aryl methyl sites for hydroxylation is 1. The molecule has 2 rings (SSSR count). The van der Waals surface area contributed by atoms with Gasteiger partial charge in [0.2, 0.25) is 0 Å². The number of hydrogen-bond acceptors (Lipinski definition) is 4. The summed E-state index contributed by atoms with van der Waals surface area (Å²) in [5.41, 5.74) is 1.68. The van der Waals surface area contributed by atoms with Gasteiger partial charge in [-0.25, -0.2) is 17.9 Å². The van der Waals surface area contributed by atoms with E-state index in [9.17, 15) is 13.2 Å². The maximum Gasteiger partial charge on any atom is 0.328 e. The average molecular weight is 294 g/mol. The van der Waals surface area contributed by atoms with Gasteiger partial charge >= 0.3 is 6.03 Å². The summed E-state index contributed by atoms with van der Waals surface area (Å²) in [6.45, 7) is 2.03. The highest BCUT2D eigenvalue weighted by Crippen LogP contribution is 2.09. The molecule has 2 aromatic rings. The molecule has 0 radical (unpaired) electrons. The molecule has 0 bridgehead atoms. The van der Waals surface area contributed by atoms with Gasteiger partial charge < -0.3 is 9.73 Å². The predicted octanol–water partition coefficient (Wildman–Crippen LogP) is 1.78. The SMILES string of the molecule is Cc1ccc(S(=O)(=O)NC(=O)NCc2ccoc2)cc1. The molecule has 6 nitrogen and oxygen atoms in total. The van der Waals surface area contributed by atoms with Gasteiger partial charge in [0.1, 0.15) is 0 Å². The number of nitrogens with one attached hydrogen (secondary N) is 2. The van der Waals surface area contributed by atoms with E-state index < -0.39 is 16.1 Å². The van der Waals surface area contributed by atoms with Crippen molar-refractivity contribution >= 4 is 16.1 Å². The second-order valence-corrected chi connectivity index (χ2v) is 5.92. The third kappa shape index (κ3) is 3.61. The third-order valence-electron chi connectivity index (χ3n) is 2.59. The van der Waals surface area contributed by atoms with Crippen molar-refractivity contribution in [2.24, 2.45) is 0 Å². The number of amides is 2. The van der Waals surface area contributed by atoms with Gasteiger partial charge in [0.15, 0.2) is 0 Å².